The predicted molar refractivity (Wildman–Crippen MR) is 126 cm³/mol. The maximum absolute atomic E-state index is 13.2. The molecule has 0 saturated carbocycles. The summed E-state index contributed by atoms with van der Waals surface area (Å²) >= 11 is 12.1. The van der Waals surface area contributed by atoms with Crippen molar-refractivity contribution in [3.63, 3.8) is 0 Å². The minimum absolute atomic E-state index is 0.000106. The van der Waals surface area contributed by atoms with Crippen molar-refractivity contribution in [3.05, 3.63) is 46.0 Å². The lowest BCUT2D eigenvalue weighted by atomic mass is 9.85. The average Bonchev–Trinajstić information content (AvgIpc) is 3.02. The first-order chi connectivity index (χ1) is 15.6. The first-order valence-corrected chi connectivity index (χ1v) is 11.9. The topological polar surface area (TPSA) is 86.8 Å². The van der Waals surface area contributed by atoms with Crippen molar-refractivity contribution in [2.75, 3.05) is 6.54 Å². The molecule has 1 aromatic carbocycles. The number of carbonyl (C=O) groups excluding carboxylic acids is 4. The van der Waals surface area contributed by atoms with Crippen molar-refractivity contribution in [2.24, 2.45) is 11.8 Å². The van der Waals surface area contributed by atoms with E-state index in [4.69, 9.17) is 23.2 Å². The Balaban J connectivity index is 1.74. The van der Waals surface area contributed by atoms with Crippen LogP contribution < -0.4 is 5.32 Å². The van der Waals surface area contributed by atoms with Crippen molar-refractivity contribution < 1.29 is 19.2 Å². The maximum Gasteiger partial charge on any atom is 0.242 e. The third kappa shape index (κ3) is 5.76. The van der Waals surface area contributed by atoms with Gasteiger partial charge in [-0.2, -0.15) is 0 Å². The van der Waals surface area contributed by atoms with Gasteiger partial charge in [-0.05, 0) is 51.3 Å². The van der Waals surface area contributed by atoms with Gasteiger partial charge in [0.25, 0.3) is 0 Å². The highest BCUT2D eigenvalue weighted by molar-refractivity contribution is 6.42. The summed E-state index contributed by atoms with van der Waals surface area (Å²) in [4.78, 5) is 54.0. The molecule has 1 aromatic rings. The minimum atomic E-state index is -0.758. The zero-order valence-corrected chi connectivity index (χ0v) is 20.5. The van der Waals surface area contributed by atoms with Gasteiger partial charge in [0.2, 0.25) is 23.6 Å². The maximum atomic E-state index is 13.2. The number of imide groups is 1. The Morgan fingerprint density at radius 3 is 2.21 bits per heavy atom. The fraction of sp³-hybridized carbons (Fsp3) is 0.500. The van der Waals surface area contributed by atoms with E-state index in [2.05, 4.69) is 5.32 Å². The summed E-state index contributed by atoms with van der Waals surface area (Å²) in [5.41, 5.74) is 0.715. The zero-order valence-electron chi connectivity index (χ0n) is 19.0. The van der Waals surface area contributed by atoms with Gasteiger partial charge in [0, 0.05) is 25.6 Å². The Labute approximate surface area is 204 Å². The molecule has 2 aliphatic rings. The van der Waals surface area contributed by atoms with E-state index >= 15 is 0 Å². The number of hydrogen-bond donors (Lipinski definition) is 1. The van der Waals surface area contributed by atoms with Crippen LogP contribution in [0.5, 0.6) is 0 Å². The Morgan fingerprint density at radius 1 is 1.06 bits per heavy atom. The van der Waals surface area contributed by atoms with Crippen LogP contribution in [0.15, 0.2) is 30.4 Å². The number of fused-ring (bicyclic) bond motifs is 1. The highest BCUT2D eigenvalue weighted by atomic mass is 35.5. The summed E-state index contributed by atoms with van der Waals surface area (Å²) < 4.78 is 0. The number of benzene rings is 1. The first kappa shape index (κ1) is 25.2. The van der Waals surface area contributed by atoms with Crippen LogP contribution in [0.3, 0.4) is 0 Å². The van der Waals surface area contributed by atoms with Crippen molar-refractivity contribution in [1.29, 1.82) is 0 Å². The molecule has 3 atom stereocenters. The van der Waals surface area contributed by atoms with Crippen molar-refractivity contribution in [2.45, 2.75) is 58.7 Å². The Morgan fingerprint density at radius 2 is 1.67 bits per heavy atom. The largest absolute Gasteiger partial charge is 0.352 e. The van der Waals surface area contributed by atoms with Crippen molar-refractivity contribution in [1.82, 2.24) is 15.1 Å². The molecule has 33 heavy (non-hydrogen) atoms. The number of allylic oxidation sites excluding steroid dienone is 2. The van der Waals surface area contributed by atoms with Crippen molar-refractivity contribution in [3.8, 4) is 0 Å². The second-order valence-electron chi connectivity index (χ2n) is 8.84. The van der Waals surface area contributed by atoms with Gasteiger partial charge < -0.3 is 10.2 Å². The van der Waals surface area contributed by atoms with Gasteiger partial charge in [-0.25, -0.2) is 0 Å². The second-order valence-corrected chi connectivity index (χ2v) is 9.66. The van der Waals surface area contributed by atoms with E-state index in [1.165, 1.54) is 9.80 Å². The van der Waals surface area contributed by atoms with Crippen LogP contribution in [0.4, 0.5) is 0 Å². The number of carbonyl (C=O) groups is 4. The lowest BCUT2D eigenvalue weighted by molar-refractivity contribution is -0.143. The molecule has 4 amide bonds. The molecule has 1 aliphatic heterocycles. The lowest BCUT2D eigenvalue weighted by Gasteiger charge is -2.30. The lowest BCUT2D eigenvalue weighted by Crippen LogP contribution is -2.49. The molecule has 178 valence electrons. The highest BCUT2D eigenvalue weighted by Crippen LogP contribution is 2.35. The Hall–Kier alpha value is -2.38. The van der Waals surface area contributed by atoms with Crippen LogP contribution in [0.1, 0.15) is 45.6 Å². The number of halogens is 2. The number of likely N-dealkylation sites (tertiary alicyclic amines) is 1. The minimum Gasteiger partial charge on any atom is -0.352 e. The summed E-state index contributed by atoms with van der Waals surface area (Å²) in [6.45, 7) is 5.47. The molecule has 1 N–H and O–H groups in total. The summed E-state index contributed by atoms with van der Waals surface area (Å²) in [6, 6.07) is 4.19. The van der Waals surface area contributed by atoms with Crippen LogP contribution in [0, 0.1) is 11.8 Å². The molecule has 9 heteroatoms. The normalized spacial score (nSPS) is 20.7. The molecule has 3 rings (SSSR count). The fourth-order valence-electron chi connectivity index (χ4n) is 4.26. The molecule has 1 fully saturated rings. The van der Waals surface area contributed by atoms with Crippen LogP contribution in [0.25, 0.3) is 0 Å². The molecule has 0 spiro atoms. The molecule has 0 bridgehead atoms. The summed E-state index contributed by atoms with van der Waals surface area (Å²) in [5.74, 6) is -1.72. The molecule has 1 heterocycles. The highest BCUT2D eigenvalue weighted by Gasteiger charge is 2.47. The van der Waals surface area contributed by atoms with Gasteiger partial charge >= 0.3 is 0 Å². The molecular weight excluding hydrogens is 465 g/mol. The fourth-order valence-corrected chi connectivity index (χ4v) is 4.58. The van der Waals surface area contributed by atoms with E-state index < -0.39 is 6.04 Å². The second kappa shape index (κ2) is 10.7. The Bertz CT molecular complexity index is 952. The molecule has 1 aliphatic carbocycles. The summed E-state index contributed by atoms with van der Waals surface area (Å²) in [6.07, 6.45) is 4.89. The van der Waals surface area contributed by atoms with Crippen molar-refractivity contribution >= 4 is 46.8 Å². The van der Waals surface area contributed by atoms with Crippen LogP contribution in [-0.2, 0) is 25.7 Å². The van der Waals surface area contributed by atoms with Gasteiger partial charge in [-0.3, -0.25) is 24.1 Å². The van der Waals surface area contributed by atoms with Gasteiger partial charge in [0.1, 0.15) is 6.04 Å². The van der Waals surface area contributed by atoms with E-state index in [0.29, 0.717) is 28.5 Å². The molecular formula is C24H29Cl2N3O4. The number of hydrogen-bond acceptors (Lipinski definition) is 4. The summed E-state index contributed by atoms with van der Waals surface area (Å²) in [5, 5.41) is 3.57. The van der Waals surface area contributed by atoms with E-state index in [1.54, 1.807) is 25.1 Å². The number of amides is 4. The average molecular weight is 494 g/mol. The zero-order chi connectivity index (χ0) is 24.3. The van der Waals surface area contributed by atoms with Gasteiger partial charge in [-0.15, -0.1) is 0 Å². The van der Waals surface area contributed by atoms with Gasteiger partial charge in [0.05, 0.1) is 21.9 Å². The predicted octanol–water partition coefficient (Wildman–Crippen LogP) is 3.58. The van der Waals surface area contributed by atoms with E-state index in [9.17, 15) is 19.2 Å². The number of nitrogens with zero attached hydrogens (tertiary/aromatic N) is 2. The van der Waals surface area contributed by atoms with Gasteiger partial charge in [0.15, 0.2) is 0 Å². The molecule has 0 aromatic heterocycles. The van der Waals surface area contributed by atoms with Crippen LogP contribution in [-0.4, -0.2) is 52.1 Å². The van der Waals surface area contributed by atoms with E-state index in [-0.39, 0.29) is 61.0 Å². The summed E-state index contributed by atoms with van der Waals surface area (Å²) in [7, 11) is 0. The van der Waals surface area contributed by atoms with Crippen LogP contribution in [0.2, 0.25) is 10.0 Å². The SMILES string of the molecule is CC(C)NC(=O)C(C)N(Cc1ccc(Cl)c(Cl)c1)C(=O)CCN1C(=O)[C@H]2CC=CC[C@H]2C1=O. The molecule has 0 radical (unpaired) electrons. The molecule has 1 unspecified atom stereocenters. The quantitative estimate of drug-likeness (QED) is 0.442. The molecule has 1 saturated heterocycles. The first-order valence-electron chi connectivity index (χ1n) is 11.1. The standard InChI is InChI=1S/C24H29Cl2N3O4/c1-14(2)27-22(31)15(3)29(13-16-8-9-19(25)20(26)12-16)21(30)10-11-28-23(32)17-6-4-5-7-18(17)24(28)33/h4-5,8-9,12,14-15,17-18H,6-7,10-11,13H2,1-3H3,(H,27,31)/t15?,17-,18+. The number of rotatable bonds is 8. The Kier molecular flexibility index (Phi) is 8.19. The molecule has 7 nitrogen and oxygen atoms in total. The van der Waals surface area contributed by atoms with E-state index in [1.807, 2.05) is 26.0 Å². The van der Waals surface area contributed by atoms with E-state index in [0.717, 1.165) is 0 Å². The smallest absolute Gasteiger partial charge is 0.242 e. The monoisotopic (exact) mass is 493 g/mol. The third-order valence-electron chi connectivity index (χ3n) is 6.08. The van der Waals surface area contributed by atoms with Crippen LogP contribution >= 0.6 is 23.2 Å². The third-order valence-corrected chi connectivity index (χ3v) is 6.82. The number of nitrogens with one attached hydrogen (secondary N) is 1. The van der Waals surface area contributed by atoms with Gasteiger partial charge in [-0.1, -0.05) is 41.4 Å².